The van der Waals surface area contributed by atoms with E-state index >= 15 is 0 Å². The molecule has 0 unspecified atom stereocenters. The van der Waals surface area contributed by atoms with Gasteiger partial charge in [0.25, 0.3) is 0 Å². The molecule has 1 N–H and O–H groups in total. The smallest absolute Gasteiger partial charge is 0.223 e. The quantitative estimate of drug-likeness (QED) is 0.642. The fourth-order valence-electron chi connectivity index (χ4n) is 0.630. The van der Waals surface area contributed by atoms with Crippen molar-refractivity contribution < 1.29 is 14.0 Å². The average Bonchev–Trinajstić information content (AvgIpc) is 2.51. The summed E-state index contributed by atoms with van der Waals surface area (Å²) in [6.45, 7) is 0.383. The summed E-state index contributed by atoms with van der Waals surface area (Å²) in [4.78, 5) is 3.61. The zero-order valence-corrected chi connectivity index (χ0v) is 6.41. The third-order valence-electron chi connectivity index (χ3n) is 1.33. The average molecular weight is 170 g/mol. The minimum Gasteiger partial charge on any atom is -0.369 e. The van der Waals surface area contributed by atoms with Crippen molar-refractivity contribution in [3.8, 4) is 12.3 Å². The molecule has 1 heterocycles. The molecule has 4 nitrogen and oxygen atoms in total. The normalized spacial score (nSPS) is 15.2. The van der Waals surface area contributed by atoms with Gasteiger partial charge in [0.05, 0.1) is 0 Å². The Labute approximate surface area is 68.4 Å². The largest absolute Gasteiger partial charge is 0.369 e. The lowest BCUT2D eigenvalue weighted by molar-refractivity contribution is 0.0587. The van der Waals surface area contributed by atoms with Crippen LogP contribution in [0.3, 0.4) is 0 Å². The molecule has 0 saturated carbocycles. The Morgan fingerprint density at radius 3 is 2.83 bits per heavy atom. The maximum absolute atomic E-state index is 12.2. The predicted octanol–water partition coefficient (Wildman–Crippen LogP) is 0.168. The van der Waals surface area contributed by atoms with Crippen molar-refractivity contribution in [3.63, 3.8) is 0 Å². The third-order valence-corrected chi connectivity index (χ3v) is 1.33. The summed E-state index contributed by atoms with van der Waals surface area (Å²) in [6, 6.07) is 0. The Balaban J connectivity index is 3.05. The number of aromatic nitrogens is 2. The van der Waals surface area contributed by atoms with E-state index in [4.69, 9.17) is 6.42 Å². The van der Waals surface area contributed by atoms with Crippen LogP contribution in [0.4, 0.5) is 4.39 Å². The second kappa shape index (κ2) is 2.91. The zero-order chi connectivity index (χ0) is 9.19. The molecule has 1 aromatic heterocycles. The molecule has 5 heteroatoms. The van der Waals surface area contributed by atoms with Gasteiger partial charge in [-0.1, -0.05) is 11.1 Å². The molecule has 0 aliphatic heterocycles. The van der Waals surface area contributed by atoms with E-state index in [1.807, 2.05) is 5.92 Å². The topological polar surface area (TPSA) is 59.2 Å². The molecule has 1 aromatic rings. The molecule has 0 spiro atoms. The van der Waals surface area contributed by atoms with Crippen LogP contribution in [0, 0.1) is 19.3 Å². The van der Waals surface area contributed by atoms with E-state index in [0.717, 1.165) is 0 Å². The van der Waals surface area contributed by atoms with Gasteiger partial charge in [0.2, 0.25) is 17.3 Å². The van der Waals surface area contributed by atoms with Crippen molar-refractivity contribution in [1.82, 2.24) is 10.1 Å². The van der Waals surface area contributed by atoms with Crippen LogP contribution in [0.1, 0.15) is 11.7 Å². The highest BCUT2D eigenvalue weighted by Crippen LogP contribution is 2.16. The Hall–Kier alpha value is -1.41. The van der Waals surface area contributed by atoms with Gasteiger partial charge in [-0.2, -0.15) is 4.98 Å². The van der Waals surface area contributed by atoms with Crippen LogP contribution < -0.4 is 0 Å². The van der Waals surface area contributed by atoms with E-state index in [1.54, 1.807) is 0 Å². The second-order valence-corrected chi connectivity index (χ2v) is 2.28. The van der Waals surface area contributed by atoms with Gasteiger partial charge in [-0.3, -0.25) is 0 Å². The number of rotatable bonds is 2. The van der Waals surface area contributed by atoms with E-state index in [-0.39, 0.29) is 11.7 Å². The van der Waals surface area contributed by atoms with Gasteiger partial charge in [0, 0.05) is 6.92 Å². The van der Waals surface area contributed by atoms with E-state index in [1.165, 1.54) is 6.92 Å². The van der Waals surface area contributed by atoms with E-state index < -0.39 is 12.3 Å². The first kappa shape index (κ1) is 8.68. The van der Waals surface area contributed by atoms with E-state index in [9.17, 15) is 9.50 Å². The number of terminal acetylenes is 1. The van der Waals surface area contributed by atoms with Crippen molar-refractivity contribution >= 4 is 0 Å². The number of hydrogen-bond acceptors (Lipinski definition) is 4. The number of aryl methyl sites for hydroxylation is 1. The molecular formula is C7H7FN2O2. The lowest BCUT2D eigenvalue weighted by Gasteiger charge is -2.11. The predicted molar refractivity (Wildman–Crippen MR) is 37.7 cm³/mol. The fraction of sp³-hybridized carbons (Fsp3) is 0.429. The lowest BCUT2D eigenvalue weighted by Crippen LogP contribution is -2.27. The summed E-state index contributed by atoms with van der Waals surface area (Å²) in [5.74, 6) is 1.86. The molecule has 1 atom stereocenters. The lowest BCUT2D eigenvalue weighted by atomic mass is 10.1. The van der Waals surface area contributed by atoms with Gasteiger partial charge < -0.3 is 9.63 Å². The molecule has 0 radical (unpaired) electrons. The zero-order valence-electron chi connectivity index (χ0n) is 6.41. The number of nitrogens with zero attached hydrogens (tertiary/aromatic N) is 2. The molecule has 0 aromatic carbocycles. The Kier molecular flexibility index (Phi) is 2.11. The summed E-state index contributed by atoms with van der Waals surface area (Å²) < 4.78 is 16.8. The summed E-state index contributed by atoms with van der Waals surface area (Å²) in [7, 11) is 0. The van der Waals surface area contributed by atoms with Gasteiger partial charge in [-0.25, -0.2) is 4.39 Å². The first-order chi connectivity index (χ1) is 5.62. The van der Waals surface area contributed by atoms with Crippen molar-refractivity contribution in [2.24, 2.45) is 0 Å². The molecule has 12 heavy (non-hydrogen) atoms. The molecule has 0 fully saturated rings. The van der Waals surface area contributed by atoms with Crippen molar-refractivity contribution in [1.29, 1.82) is 0 Å². The van der Waals surface area contributed by atoms with Gasteiger partial charge in [-0.15, -0.1) is 6.42 Å². The minimum absolute atomic E-state index is 0.218. The van der Waals surface area contributed by atoms with Crippen LogP contribution in [0.25, 0.3) is 0 Å². The Morgan fingerprint density at radius 2 is 2.50 bits per heavy atom. The highest BCUT2D eigenvalue weighted by molar-refractivity contribution is 5.17. The monoisotopic (exact) mass is 170 g/mol. The van der Waals surface area contributed by atoms with Gasteiger partial charge >= 0.3 is 0 Å². The van der Waals surface area contributed by atoms with E-state index in [0.29, 0.717) is 0 Å². The summed E-state index contributed by atoms with van der Waals surface area (Å²) in [6.07, 6.45) is 4.90. The summed E-state index contributed by atoms with van der Waals surface area (Å²) >= 11 is 0. The highest BCUT2D eigenvalue weighted by atomic mass is 19.1. The number of aliphatic hydroxyl groups is 1. The number of alkyl halides is 1. The van der Waals surface area contributed by atoms with Crippen molar-refractivity contribution in [2.45, 2.75) is 12.5 Å². The SMILES string of the molecule is C#C[C@@](O)(CF)c1noc(C)n1. The first-order valence-corrected chi connectivity index (χ1v) is 3.19. The van der Waals surface area contributed by atoms with Crippen LogP contribution in [-0.2, 0) is 5.60 Å². The second-order valence-electron chi connectivity index (χ2n) is 2.28. The van der Waals surface area contributed by atoms with Crippen molar-refractivity contribution in [3.05, 3.63) is 11.7 Å². The maximum atomic E-state index is 12.2. The van der Waals surface area contributed by atoms with Gasteiger partial charge in [0.1, 0.15) is 6.67 Å². The first-order valence-electron chi connectivity index (χ1n) is 3.19. The molecule has 0 amide bonds. The van der Waals surface area contributed by atoms with Crippen LogP contribution in [0.5, 0.6) is 0 Å². The van der Waals surface area contributed by atoms with Crippen LogP contribution in [-0.4, -0.2) is 21.9 Å². The van der Waals surface area contributed by atoms with Crippen LogP contribution >= 0.6 is 0 Å². The molecular weight excluding hydrogens is 163 g/mol. The summed E-state index contributed by atoms with van der Waals surface area (Å²) in [5, 5.41) is 12.6. The van der Waals surface area contributed by atoms with Crippen molar-refractivity contribution in [2.75, 3.05) is 6.67 Å². The fourth-order valence-corrected chi connectivity index (χ4v) is 0.630. The van der Waals surface area contributed by atoms with E-state index in [2.05, 4.69) is 14.7 Å². The Morgan fingerprint density at radius 1 is 1.83 bits per heavy atom. The molecule has 0 aliphatic carbocycles. The molecule has 0 bridgehead atoms. The van der Waals surface area contributed by atoms with Gasteiger partial charge in [0.15, 0.2) is 0 Å². The van der Waals surface area contributed by atoms with Crippen LogP contribution in [0.15, 0.2) is 4.52 Å². The number of halogens is 1. The standard InChI is InChI=1S/C7H7FN2O2/c1-3-7(11,4-8)6-9-5(2)12-10-6/h1,11H,4H2,2H3/t7-/m1/s1. The third kappa shape index (κ3) is 1.29. The van der Waals surface area contributed by atoms with Crippen LogP contribution in [0.2, 0.25) is 0 Å². The molecule has 1 rings (SSSR count). The molecule has 0 saturated heterocycles. The minimum atomic E-state index is -2.06. The summed E-state index contributed by atoms with van der Waals surface area (Å²) in [5.41, 5.74) is -2.06. The Bertz CT molecular complexity index is 317. The van der Waals surface area contributed by atoms with Gasteiger partial charge in [-0.05, 0) is 0 Å². The molecule has 0 aliphatic rings. The highest BCUT2D eigenvalue weighted by Gasteiger charge is 2.32. The molecule has 64 valence electrons. The number of hydrogen-bond donors (Lipinski definition) is 1. The maximum Gasteiger partial charge on any atom is 0.223 e.